The highest BCUT2D eigenvalue weighted by atomic mass is 16.2. The van der Waals surface area contributed by atoms with Crippen LogP contribution < -0.4 is 5.32 Å². The van der Waals surface area contributed by atoms with Crippen LogP contribution in [-0.2, 0) is 0 Å². The van der Waals surface area contributed by atoms with Gasteiger partial charge in [-0.25, -0.2) is 9.78 Å². The van der Waals surface area contributed by atoms with Crippen molar-refractivity contribution >= 4 is 6.03 Å². The SMILES string of the molecule is CC1CNCCN1C(=O)n1ccnc1. The number of imidazole rings is 1. The first kappa shape index (κ1) is 9.21. The zero-order valence-corrected chi connectivity index (χ0v) is 8.18. The second-order valence-electron chi connectivity index (χ2n) is 3.50. The Balaban J connectivity index is 2.10. The van der Waals surface area contributed by atoms with Gasteiger partial charge in [0.2, 0.25) is 0 Å². The summed E-state index contributed by atoms with van der Waals surface area (Å²) in [7, 11) is 0. The van der Waals surface area contributed by atoms with Crippen LogP contribution in [0.15, 0.2) is 18.7 Å². The number of amides is 1. The molecule has 2 rings (SSSR count). The van der Waals surface area contributed by atoms with E-state index in [2.05, 4.69) is 10.3 Å². The van der Waals surface area contributed by atoms with Crippen LogP contribution >= 0.6 is 0 Å². The number of aromatic nitrogens is 2. The minimum absolute atomic E-state index is 0.0106. The third kappa shape index (κ3) is 1.63. The van der Waals surface area contributed by atoms with Crippen molar-refractivity contribution < 1.29 is 4.79 Å². The summed E-state index contributed by atoms with van der Waals surface area (Å²) in [6, 6.07) is 0.259. The molecule has 5 heteroatoms. The average molecular weight is 194 g/mol. The molecule has 0 saturated carbocycles. The molecular formula is C9H14N4O. The summed E-state index contributed by atoms with van der Waals surface area (Å²) in [5, 5.41) is 3.25. The molecule has 5 nitrogen and oxygen atoms in total. The zero-order chi connectivity index (χ0) is 9.97. The highest BCUT2D eigenvalue weighted by molar-refractivity contribution is 5.77. The standard InChI is InChI=1S/C9H14N4O/c1-8-6-10-3-5-13(8)9(14)12-4-2-11-7-12/h2,4,7-8,10H,3,5-6H2,1H3. The van der Waals surface area contributed by atoms with E-state index in [1.54, 1.807) is 12.4 Å². The van der Waals surface area contributed by atoms with E-state index in [0.29, 0.717) is 0 Å². The minimum atomic E-state index is 0.0106. The average Bonchev–Trinajstić information content (AvgIpc) is 2.70. The van der Waals surface area contributed by atoms with Gasteiger partial charge in [-0.2, -0.15) is 0 Å². The minimum Gasteiger partial charge on any atom is -0.319 e. The summed E-state index contributed by atoms with van der Waals surface area (Å²) in [5.74, 6) is 0. The highest BCUT2D eigenvalue weighted by Crippen LogP contribution is 2.05. The summed E-state index contributed by atoms with van der Waals surface area (Å²) in [6.07, 6.45) is 4.83. The highest BCUT2D eigenvalue weighted by Gasteiger charge is 2.23. The predicted octanol–water partition coefficient (Wildman–Crippen LogP) is 0.145. The Hall–Kier alpha value is -1.36. The first-order valence-electron chi connectivity index (χ1n) is 4.78. The van der Waals surface area contributed by atoms with Gasteiger partial charge in [0.25, 0.3) is 0 Å². The Morgan fingerprint density at radius 3 is 3.14 bits per heavy atom. The van der Waals surface area contributed by atoms with Crippen molar-refractivity contribution in [3.05, 3.63) is 18.7 Å². The molecular weight excluding hydrogens is 180 g/mol. The first-order valence-corrected chi connectivity index (χ1v) is 4.78. The van der Waals surface area contributed by atoms with Gasteiger partial charge < -0.3 is 10.2 Å². The van der Waals surface area contributed by atoms with Crippen molar-refractivity contribution in [3.63, 3.8) is 0 Å². The number of nitrogens with zero attached hydrogens (tertiary/aromatic N) is 3. The number of hydrogen-bond acceptors (Lipinski definition) is 3. The normalized spacial score (nSPS) is 22.4. The second-order valence-corrected chi connectivity index (χ2v) is 3.50. The molecule has 0 aliphatic carbocycles. The summed E-state index contributed by atoms with van der Waals surface area (Å²) >= 11 is 0. The van der Waals surface area contributed by atoms with E-state index in [1.165, 1.54) is 10.9 Å². The monoisotopic (exact) mass is 194 g/mol. The molecule has 1 aromatic heterocycles. The van der Waals surface area contributed by atoms with E-state index in [4.69, 9.17) is 0 Å². The summed E-state index contributed by atoms with van der Waals surface area (Å²) in [6.45, 7) is 4.53. The maximum Gasteiger partial charge on any atom is 0.329 e. The van der Waals surface area contributed by atoms with Crippen molar-refractivity contribution in [1.29, 1.82) is 0 Å². The second kappa shape index (κ2) is 3.79. The van der Waals surface area contributed by atoms with Gasteiger partial charge in [0.15, 0.2) is 0 Å². The van der Waals surface area contributed by atoms with Gasteiger partial charge in [0.1, 0.15) is 6.33 Å². The molecule has 0 spiro atoms. The third-order valence-corrected chi connectivity index (χ3v) is 2.47. The predicted molar refractivity (Wildman–Crippen MR) is 52.1 cm³/mol. The van der Waals surface area contributed by atoms with E-state index in [-0.39, 0.29) is 12.1 Å². The van der Waals surface area contributed by atoms with Crippen molar-refractivity contribution in [3.8, 4) is 0 Å². The summed E-state index contributed by atoms with van der Waals surface area (Å²) in [5.41, 5.74) is 0. The van der Waals surface area contributed by atoms with Crippen LogP contribution in [0.1, 0.15) is 6.92 Å². The first-order chi connectivity index (χ1) is 6.79. The number of piperazine rings is 1. The Morgan fingerprint density at radius 2 is 2.50 bits per heavy atom. The van der Waals surface area contributed by atoms with Crippen LogP contribution in [0, 0.1) is 0 Å². The van der Waals surface area contributed by atoms with Crippen LogP contribution in [-0.4, -0.2) is 46.2 Å². The maximum absolute atomic E-state index is 11.9. The molecule has 1 aliphatic rings. The Kier molecular flexibility index (Phi) is 2.49. The molecule has 1 N–H and O–H groups in total. The quantitative estimate of drug-likeness (QED) is 0.639. The van der Waals surface area contributed by atoms with Gasteiger partial charge in [-0.3, -0.25) is 4.57 Å². The Morgan fingerprint density at radius 1 is 1.64 bits per heavy atom. The Bertz CT molecular complexity index is 309. The third-order valence-electron chi connectivity index (χ3n) is 2.47. The van der Waals surface area contributed by atoms with E-state index in [9.17, 15) is 4.79 Å². The largest absolute Gasteiger partial charge is 0.329 e. The molecule has 0 radical (unpaired) electrons. The molecule has 1 saturated heterocycles. The van der Waals surface area contributed by atoms with E-state index >= 15 is 0 Å². The van der Waals surface area contributed by atoms with E-state index < -0.39 is 0 Å². The van der Waals surface area contributed by atoms with Crippen LogP contribution in [0.2, 0.25) is 0 Å². The van der Waals surface area contributed by atoms with E-state index in [0.717, 1.165) is 19.6 Å². The van der Waals surface area contributed by atoms with Crippen LogP contribution in [0.4, 0.5) is 4.79 Å². The molecule has 1 fully saturated rings. The lowest BCUT2D eigenvalue weighted by Gasteiger charge is -2.33. The lowest BCUT2D eigenvalue weighted by molar-refractivity contribution is 0.166. The van der Waals surface area contributed by atoms with E-state index in [1.807, 2.05) is 11.8 Å². The number of rotatable bonds is 0. The fraction of sp³-hybridized carbons (Fsp3) is 0.556. The number of hydrogen-bond donors (Lipinski definition) is 1. The van der Waals surface area contributed by atoms with Gasteiger partial charge in [-0.1, -0.05) is 0 Å². The van der Waals surface area contributed by atoms with Crippen molar-refractivity contribution in [2.75, 3.05) is 19.6 Å². The molecule has 1 aromatic rings. The Labute approximate surface area is 82.7 Å². The molecule has 2 heterocycles. The fourth-order valence-electron chi connectivity index (χ4n) is 1.65. The van der Waals surface area contributed by atoms with Gasteiger partial charge >= 0.3 is 6.03 Å². The van der Waals surface area contributed by atoms with Crippen LogP contribution in [0.3, 0.4) is 0 Å². The summed E-state index contributed by atoms with van der Waals surface area (Å²) < 4.78 is 1.52. The van der Waals surface area contributed by atoms with Crippen LogP contribution in [0.25, 0.3) is 0 Å². The fourth-order valence-corrected chi connectivity index (χ4v) is 1.65. The molecule has 1 unspecified atom stereocenters. The number of carbonyl (C=O) groups is 1. The molecule has 76 valence electrons. The lowest BCUT2D eigenvalue weighted by Crippen LogP contribution is -2.53. The van der Waals surface area contributed by atoms with Gasteiger partial charge in [0, 0.05) is 38.1 Å². The maximum atomic E-state index is 11.9. The smallest absolute Gasteiger partial charge is 0.319 e. The van der Waals surface area contributed by atoms with Crippen molar-refractivity contribution in [2.45, 2.75) is 13.0 Å². The van der Waals surface area contributed by atoms with Gasteiger partial charge in [0.05, 0.1) is 0 Å². The van der Waals surface area contributed by atoms with Crippen molar-refractivity contribution in [2.24, 2.45) is 0 Å². The topological polar surface area (TPSA) is 50.2 Å². The molecule has 14 heavy (non-hydrogen) atoms. The van der Waals surface area contributed by atoms with Gasteiger partial charge in [-0.15, -0.1) is 0 Å². The molecule has 0 aromatic carbocycles. The van der Waals surface area contributed by atoms with Gasteiger partial charge in [-0.05, 0) is 6.92 Å². The molecule has 1 atom stereocenters. The van der Waals surface area contributed by atoms with Crippen LogP contribution in [0.5, 0.6) is 0 Å². The van der Waals surface area contributed by atoms with Crippen molar-refractivity contribution in [1.82, 2.24) is 19.8 Å². The molecule has 0 bridgehead atoms. The molecule has 1 aliphatic heterocycles. The summed E-state index contributed by atoms with van der Waals surface area (Å²) in [4.78, 5) is 17.6. The number of nitrogens with one attached hydrogen (secondary N) is 1. The lowest BCUT2D eigenvalue weighted by atomic mass is 10.2. The molecule has 1 amide bonds. The number of carbonyl (C=O) groups excluding carboxylic acids is 1. The zero-order valence-electron chi connectivity index (χ0n) is 8.18.